The maximum Gasteiger partial charge on any atom is 0.307 e. The fourth-order valence-corrected chi connectivity index (χ4v) is 1.25. The second kappa shape index (κ2) is 7.65. The van der Waals surface area contributed by atoms with Crippen LogP contribution in [0.2, 0.25) is 0 Å². The zero-order chi connectivity index (χ0) is 13.4. The minimum absolute atomic E-state index is 0.0166. The van der Waals surface area contributed by atoms with E-state index in [0.717, 1.165) is 0 Å². The lowest BCUT2D eigenvalue weighted by molar-refractivity contribution is -0.140. The van der Waals surface area contributed by atoms with Crippen molar-refractivity contribution in [3.8, 4) is 0 Å². The quantitative estimate of drug-likeness (QED) is 0.635. The van der Waals surface area contributed by atoms with Gasteiger partial charge in [-0.3, -0.25) is 14.4 Å². The molecule has 0 heterocycles. The number of rotatable bonds is 6. The van der Waals surface area contributed by atoms with Crippen molar-refractivity contribution in [2.75, 3.05) is 13.7 Å². The minimum atomic E-state index is -0.579. The molecule has 2 N–H and O–H groups in total. The van der Waals surface area contributed by atoms with Gasteiger partial charge in [0.15, 0.2) is 0 Å². The van der Waals surface area contributed by atoms with Crippen molar-refractivity contribution in [2.45, 2.75) is 33.2 Å². The molecule has 0 aliphatic rings. The van der Waals surface area contributed by atoms with Gasteiger partial charge in [0.05, 0.1) is 13.5 Å². The Morgan fingerprint density at radius 2 is 1.82 bits per heavy atom. The fourth-order valence-electron chi connectivity index (χ4n) is 1.25. The van der Waals surface area contributed by atoms with Gasteiger partial charge in [0.1, 0.15) is 6.04 Å². The molecule has 6 heteroatoms. The summed E-state index contributed by atoms with van der Waals surface area (Å²) in [6.45, 7) is 5.23. The molecule has 0 bridgehead atoms. The Labute approximate surface area is 101 Å². The molecule has 6 nitrogen and oxygen atoms in total. The number of carbonyl (C=O) groups excluding carboxylic acids is 3. The molecule has 0 spiro atoms. The van der Waals surface area contributed by atoms with E-state index in [2.05, 4.69) is 15.4 Å². The monoisotopic (exact) mass is 244 g/mol. The first-order valence-corrected chi connectivity index (χ1v) is 5.50. The highest BCUT2D eigenvalue weighted by molar-refractivity contribution is 5.87. The van der Waals surface area contributed by atoms with Gasteiger partial charge in [0, 0.05) is 13.5 Å². The van der Waals surface area contributed by atoms with Crippen molar-refractivity contribution < 1.29 is 19.1 Å². The molecule has 0 aromatic heterocycles. The summed E-state index contributed by atoms with van der Waals surface area (Å²) < 4.78 is 4.44. The maximum absolute atomic E-state index is 11.7. The summed E-state index contributed by atoms with van der Waals surface area (Å²) in [5.41, 5.74) is 0. The van der Waals surface area contributed by atoms with Crippen LogP contribution in [-0.4, -0.2) is 37.5 Å². The summed E-state index contributed by atoms with van der Waals surface area (Å²) >= 11 is 0. The lowest BCUT2D eigenvalue weighted by atomic mass is 10.0. The van der Waals surface area contributed by atoms with Crippen LogP contribution in [0.4, 0.5) is 0 Å². The van der Waals surface area contributed by atoms with Crippen LogP contribution in [0, 0.1) is 5.92 Å². The van der Waals surface area contributed by atoms with Crippen LogP contribution >= 0.6 is 0 Å². The minimum Gasteiger partial charge on any atom is -0.469 e. The number of methoxy groups -OCH3 is 1. The van der Waals surface area contributed by atoms with Gasteiger partial charge in [-0.1, -0.05) is 13.8 Å². The zero-order valence-corrected chi connectivity index (χ0v) is 10.7. The number of nitrogens with one attached hydrogen (secondary N) is 2. The molecule has 0 aliphatic carbocycles. The predicted octanol–water partition coefficient (Wildman–Crippen LogP) is -0.174. The third kappa shape index (κ3) is 6.55. The number of carbonyl (C=O) groups is 3. The molecular weight excluding hydrogens is 224 g/mol. The summed E-state index contributed by atoms with van der Waals surface area (Å²) in [4.78, 5) is 33.5. The van der Waals surface area contributed by atoms with Crippen LogP contribution in [0.3, 0.4) is 0 Å². The first kappa shape index (κ1) is 15.4. The van der Waals surface area contributed by atoms with E-state index < -0.39 is 6.04 Å². The molecule has 0 aromatic carbocycles. The summed E-state index contributed by atoms with van der Waals surface area (Å²) in [6.07, 6.45) is 0.118. The van der Waals surface area contributed by atoms with Gasteiger partial charge in [-0.25, -0.2) is 0 Å². The molecule has 0 fully saturated rings. The first-order valence-electron chi connectivity index (χ1n) is 5.50. The first-order chi connectivity index (χ1) is 7.88. The largest absolute Gasteiger partial charge is 0.469 e. The predicted molar refractivity (Wildman–Crippen MR) is 62.1 cm³/mol. The zero-order valence-electron chi connectivity index (χ0n) is 10.7. The fraction of sp³-hybridized carbons (Fsp3) is 0.727. The third-order valence-corrected chi connectivity index (χ3v) is 2.16. The number of amides is 2. The molecule has 1 unspecified atom stereocenters. The van der Waals surface area contributed by atoms with Crippen molar-refractivity contribution in [2.24, 2.45) is 5.92 Å². The smallest absolute Gasteiger partial charge is 0.307 e. The van der Waals surface area contributed by atoms with Gasteiger partial charge in [0.2, 0.25) is 11.8 Å². The van der Waals surface area contributed by atoms with Crippen LogP contribution in [0.1, 0.15) is 27.2 Å². The van der Waals surface area contributed by atoms with Crippen LogP contribution in [0.25, 0.3) is 0 Å². The van der Waals surface area contributed by atoms with E-state index in [1.807, 2.05) is 13.8 Å². The average molecular weight is 244 g/mol. The van der Waals surface area contributed by atoms with Gasteiger partial charge in [0.25, 0.3) is 0 Å². The van der Waals surface area contributed by atoms with E-state index in [9.17, 15) is 14.4 Å². The normalized spacial score (nSPS) is 11.8. The Kier molecular flexibility index (Phi) is 6.93. The Morgan fingerprint density at radius 1 is 1.24 bits per heavy atom. The Bertz CT molecular complexity index is 289. The van der Waals surface area contributed by atoms with Crippen LogP contribution in [-0.2, 0) is 19.1 Å². The van der Waals surface area contributed by atoms with Gasteiger partial charge in [-0.15, -0.1) is 0 Å². The van der Waals surface area contributed by atoms with Crippen LogP contribution in [0.15, 0.2) is 0 Å². The molecular formula is C11H20N2O4. The molecule has 2 amide bonds. The van der Waals surface area contributed by atoms with Crippen LogP contribution < -0.4 is 10.6 Å². The van der Waals surface area contributed by atoms with Crippen LogP contribution in [0.5, 0.6) is 0 Å². The van der Waals surface area contributed by atoms with Crippen molar-refractivity contribution in [3.05, 3.63) is 0 Å². The molecule has 0 saturated carbocycles. The summed E-state index contributed by atoms with van der Waals surface area (Å²) in [5, 5.41) is 5.14. The highest BCUT2D eigenvalue weighted by Gasteiger charge is 2.22. The highest BCUT2D eigenvalue weighted by atomic mass is 16.5. The Morgan fingerprint density at radius 3 is 2.24 bits per heavy atom. The molecule has 0 saturated heterocycles. The van der Waals surface area contributed by atoms with E-state index in [1.165, 1.54) is 14.0 Å². The van der Waals surface area contributed by atoms with Crippen molar-refractivity contribution in [1.82, 2.24) is 10.6 Å². The maximum atomic E-state index is 11.7. The molecule has 0 rings (SSSR count). The topological polar surface area (TPSA) is 84.5 Å². The number of hydrogen-bond donors (Lipinski definition) is 2. The second-order valence-corrected chi connectivity index (χ2v) is 4.04. The number of hydrogen-bond acceptors (Lipinski definition) is 4. The molecule has 1 atom stereocenters. The summed E-state index contributed by atoms with van der Waals surface area (Å²) in [6, 6.07) is -0.579. The number of esters is 1. The second-order valence-electron chi connectivity index (χ2n) is 4.04. The Hall–Kier alpha value is -1.59. The van der Waals surface area contributed by atoms with E-state index >= 15 is 0 Å². The van der Waals surface area contributed by atoms with E-state index in [-0.39, 0.29) is 36.7 Å². The summed E-state index contributed by atoms with van der Waals surface area (Å²) in [5.74, 6) is -0.950. The Balaban J connectivity index is 4.15. The van der Waals surface area contributed by atoms with Gasteiger partial charge >= 0.3 is 5.97 Å². The van der Waals surface area contributed by atoms with E-state index in [4.69, 9.17) is 0 Å². The standard InChI is InChI=1S/C11H20N2O4/c1-7(2)10(13-8(3)14)11(16)12-6-5-9(15)17-4/h7,10H,5-6H2,1-4H3,(H,12,16)(H,13,14). The third-order valence-electron chi connectivity index (χ3n) is 2.16. The molecule has 0 aliphatic heterocycles. The molecule has 0 radical (unpaired) electrons. The highest BCUT2D eigenvalue weighted by Crippen LogP contribution is 2.01. The number of ether oxygens (including phenoxy) is 1. The summed E-state index contributed by atoms with van der Waals surface area (Å²) in [7, 11) is 1.29. The van der Waals surface area contributed by atoms with Crippen molar-refractivity contribution in [1.29, 1.82) is 0 Å². The molecule has 17 heavy (non-hydrogen) atoms. The van der Waals surface area contributed by atoms with Gasteiger partial charge in [-0.05, 0) is 5.92 Å². The average Bonchev–Trinajstić information content (AvgIpc) is 2.24. The van der Waals surface area contributed by atoms with E-state index in [0.29, 0.717) is 0 Å². The van der Waals surface area contributed by atoms with Crippen molar-refractivity contribution >= 4 is 17.8 Å². The molecule has 0 aromatic rings. The molecule has 98 valence electrons. The van der Waals surface area contributed by atoms with E-state index in [1.54, 1.807) is 0 Å². The van der Waals surface area contributed by atoms with Crippen molar-refractivity contribution in [3.63, 3.8) is 0 Å². The SMILES string of the molecule is COC(=O)CCNC(=O)C(NC(C)=O)C(C)C. The lowest BCUT2D eigenvalue weighted by Crippen LogP contribution is -2.49. The van der Waals surface area contributed by atoms with Gasteiger partial charge < -0.3 is 15.4 Å². The lowest BCUT2D eigenvalue weighted by Gasteiger charge is -2.20. The van der Waals surface area contributed by atoms with Gasteiger partial charge in [-0.2, -0.15) is 0 Å².